The van der Waals surface area contributed by atoms with Crippen LogP contribution in [-0.2, 0) is 17.8 Å². The Morgan fingerprint density at radius 1 is 1.67 bits per heavy atom. The summed E-state index contributed by atoms with van der Waals surface area (Å²) < 4.78 is 0. The van der Waals surface area contributed by atoms with Gasteiger partial charge in [0.1, 0.15) is 6.04 Å². The van der Waals surface area contributed by atoms with Crippen LogP contribution in [0.4, 0.5) is 4.79 Å². The second-order valence-electron chi connectivity index (χ2n) is 5.21. The van der Waals surface area contributed by atoms with Crippen LogP contribution in [0.2, 0.25) is 0 Å². The van der Waals surface area contributed by atoms with E-state index in [1.165, 1.54) is 11.2 Å². The van der Waals surface area contributed by atoms with Gasteiger partial charge in [0, 0.05) is 25.3 Å². The van der Waals surface area contributed by atoms with Crippen molar-refractivity contribution >= 4 is 23.8 Å². The van der Waals surface area contributed by atoms with Crippen LogP contribution in [0.1, 0.15) is 18.3 Å². The maximum absolute atomic E-state index is 12.6. The van der Waals surface area contributed by atoms with Crippen molar-refractivity contribution in [3.05, 3.63) is 17.7 Å². The number of nitrogens with one attached hydrogen (secondary N) is 1. The molecule has 116 valence electrons. The average Bonchev–Trinajstić information content (AvgIpc) is 2.91. The minimum atomic E-state index is -0.997. The molecule has 2 rings (SSSR count). The Labute approximate surface area is 127 Å². The van der Waals surface area contributed by atoms with Gasteiger partial charge in [0.25, 0.3) is 0 Å². The number of urea groups is 1. The summed E-state index contributed by atoms with van der Waals surface area (Å²) in [5.41, 5.74) is 1.54. The Hall–Kier alpha value is -1.70. The SMILES string of the molecule is CSCC(C)N(C)C(=O)N1Cc2[nH]cnc2CC1C(=O)O. The maximum Gasteiger partial charge on any atom is 0.326 e. The van der Waals surface area contributed by atoms with E-state index in [4.69, 9.17) is 0 Å². The molecule has 0 radical (unpaired) electrons. The standard InChI is InChI=1S/C13H20N4O3S/c1-8(6-21-3)16(2)13(20)17-5-10-9(14-7-15-10)4-11(17)12(18)19/h7-8,11H,4-6H2,1-3H3,(H,14,15)(H,18,19). The van der Waals surface area contributed by atoms with Gasteiger partial charge in [-0.15, -0.1) is 0 Å². The Morgan fingerprint density at radius 3 is 3.00 bits per heavy atom. The number of aromatic nitrogens is 2. The van der Waals surface area contributed by atoms with Gasteiger partial charge in [-0.25, -0.2) is 14.6 Å². The number of imidazole rings is 1. The van der Waals surface area contributed by atoms with Gasteiger partial charge < -0.3 is 19.9 Å². The first-order valence-corrected chi connectivity index (χ1v) is 8.11. The predicted octanol–water partition coefficient (Wildman–Crippen LogP) is 1.02. The number of aromatic amines is 1. The maximum atomic E-state index is 12.6. The second-order valence-corrected chi connectivity index (χ2v) is 6.12. The Morgan fingerprint density at radius 2 is 2.38 bits per heavy atom. The third-order valence-corrected chi connectivity index (χ3v) is 4.62. The number of nitrogens with zero attached hydrogens (tertiary/aromatic N) is 3. The van der Waals surface area contributed by atoms with Crippen LogP contribution in [0, 0.1) is 0 Å². The molecule has 1 aliphatic heterocycles. The molecule has 21 heavy (non-hydrogen) atoms. The lowest BCUT2D eigenvalue weighted by molar-refractivity contribution is -0.143. The van der Waals surface area contributed by atoms with Crippen LogP contribution in [-0.4, -0.2) is 68.0 Å². The third kappa shape index (κ3) is 3.15. The normalized spacial score (nSPS) is 19.0. The minimum Gasteiger partial charge on any atom is -0.480 e. The largest absolute Gasteiger partial charge is 0.480 e. The van der Waals surface area contributed by atoms with Crippen LogP contribution < -0.4 is 0 Å². The van der Waals surface area contributed by atoms with Crippen molar-refractivity contribution in [3.8, 4) is 0 Å². The molecule has 8 heteroatoms. The predicted molar refractivity (Wildman–Crippen MR) is 80.3 cm³/mol. The number of H-pyrrole nitrogens is 1. The molecule has 0 bridgehead atoms. The Bertz CT molecular complexity index is 533. The molecule has 2 heterocycles. The molecular weight excluding hydrogens is 292 g/mol. The highest BCUT2D eigenvalue weighted by molar-refractivity contribution is 7.98. The number of rotatable bonds is 4. The highest BCUT2D eigenvalue weighted by Gasteiger charge is 2.37. The smallest absolute Gasteiger partial charge is 0.326 e. The summed E-state index contributed by atoms with van der Waals surface area (Å²) in [5, 5.41) is 9.39. The fraction of sp³-hybridized carbons (Fsp3) is 0.615. The van der Waals surface area contributed by atoms with E-state index >= 15 is 0 Å². The van der Waals surface area contributed by atoms with Gasteiger partial charge >= 0.3 is 12.0 Å². The van der Waals surface area contributed by atoms with Crippen LogP contribution in [0.15, 0.2) is 6.33 Å². The average molecular weight is 312 g/mol. The van der Waals surface area contributed by atoms with Crippen LogP contribution in [0.5, 0.6) is 0 Å². The highest BCUT2D eigenvalue weighted by Crippen LogP contribution is 2.22. The number of hydrogen-bond donors (Lipinski definition) is 2. The molecule has 1 aromatic rings. The molecule has 2 N–H and O–H groups in total. The minimum absolute atomic E-state index is 0.0464. The number of carboxylic acid groups (broad SMARTS) is 1. The number of carbonyl (C=O) groups excluding carboxylic acids is 1. The summed E-state index contributed by atoms with van der Waals surface area (Å²) in [6.07, 6.45) is 3.76. The lowest BCUT2D eigenvalue weighted by atomic mass is 10.0. The molecule has 7 nitrogen and oxygen atoms in total. The first kappa shape index (κ1) is 15.7. The molecule has 1 aliphatic rings. The van der Waals surface area contributed by atoms with Gasteiger partial charge in [0.15, 0.2) is 0 Å². The summed E-state index contributed by atoms with van der Waals surface area (Å²) in [7, 11) is 1.71. The van der Waals surface area contributed by atoms with Gasteiger partial charge in [-0.05, 0) is 13.2 Å². The first-order valence-electron chi connectivity index (χ1n) is 6.72. The zero-order valence-corrected chi connectivity index (χ0v) is 13.2. The summed E-state index contributed by atoms with van der Waals surface area (Å²) in [6.45, 7) is 2.21. The lowest BCUT2D eigenvalue weighted by Gasteiger charge is -2.37. The number of aliphatic carboxylic acids is 1. The number of fused-ring (bicyclic) bond motifs is 1. The van der Waals surface area contributed by atoms with E-state index in [-0.39, 0.29) is 25.0 Å². The summed E-state index contributed by atoms with van der Waals surface area (Å²) in [5.74, 6) is -0.189. The Balaban J connectivity index is 2.20. The molecule has 0 fully saturated rings. The van der Waals surface area contributed by atoms with Crippen molar-refractivity contribution in [1.82, 2.24) is 19.8 Å². The fourth-order valence-corrected chi connectivity index (χ4v) is 3.11. The lowest BCUT2D eigenvalue weighted by Crippen LogP contribution is -2.54. The zero-order valence-electron chi connectivity index (χ0n) is 12.4. The van der Waals surface area contributed by atoms with Gasteiger partial charge in [-0.3, -0.25) is 0 Å². The highest BCUT2D eigenvalue weighted by atomic mass is 32.2. The molecule has 2 atom stereocenters. The van der Waals surface area contributed by atoms with E-state index < -0.39 is 12.0 Å². The van der Waals surface area contributed by atoms with E-state index in [1.807, 2.05) is 13.2 Å². The van der Waals surface area contributed by atoms with Crippen LogP contribution >= 0.6 is 11.8 Å². The van der Waals surface area contributed by atoms with Crippen molar-refractivity contribution in [2.75, 3.05) is 19.1 Å². The van der Waals surface area contributed by atoms with Crippen molar-refractivity contribution in [2.45, 2.75) is 32.0 Å². The Kier molecular flexibility index (Phi) is 4.76. The van der Waals surface area contributed by atoms with E-state index in [0.717, 1.165) is 17.1 Å². The van der Waals surface area contributed by atoms with E-state index in [2.05, 4.69) is 9.97 Å². The molecule has 2 unspecified atom stereocenters. The van der Waals surface area contributed by atoms with E-state index in [9.17, 15) is 14.7 Å². The van der Waals surface area contributed by atoms with Gasteiger partial charge in [0.05, 0.1) is 24.3 Å². The molecule has 1 aromatic heterocycles. The van der Waals surface area contributed by atoms with Crippen molar-refractivity contribution in [1.29, 1.82) is 0 Å². The fourth-order valence-electron chi connectivity index (χ4n) is 2.40. The monoisotopic (exact) mass is 312 g/mol. The van der Waals surface area contributed by atoms with Gasteiger partial charge in [0.2, 0.25) is 0 Å². The number of amides is 2. The molecule has 0 saturated heterocycles. The van der Waals surface area contributed by atoms with Crippen molar-refractivity contribution < 1.29 is 14.7 Å². The van der Waals surface area contributed by atoms with E-state index in [0.29, 0.717) is 0 Å². The number of hydrogen-bond acceptors (Lipinski definition) is 4. The molecule has 0 aromatic carbocycles. The molecule has 2 amide bonds. The summed E-state index contributed by atoms with van der Waals surface area (Å²) in [4.78, 5) is 34.2. The molecule has 0 saturated carbocycles. The molecule has 0 spiro atoms. The van der Waals surface area contributed by atoms with Crippen LogP contribution in [0.3, 0.4) is 0 Å². The van der Waals surface area contributed by atoms with E-state index in [1.54, 1.807) is 23.7 Å². The second kappa shape index (κ2) is 6.38. The number of carboxylic acids is 1. The molecule has 0 aliphatic carbocycles. The zero-order chi connectivity index (χ0) is 15.6. The third-order valence-electron chi connectivity index (χ3n) is 3.80. The van der Waals surface area contributed by atoms with Crippen molar-refractivity contribution in [2.24, 2.45) is 0 Å². The topological polar surface area (TPSA) is 89.5 Å². The number of thioether (sulfide) groups is 1. The van der Waals surface area contributed by atoms with Gasteiger partial charge in [-0.1, -0.05) is 0 Å². The van der Waals surface area contributed by atoms with Gasteiger partial charge in [-0.2, -0.15) is 11.8 Å². The quantitative estimate of drug-likeness (QED) is 0.866. The van der Waals surface area contributed by atoms with Crippen molar-refractivity contribution in [3.63, 3.8) is 0 Å². The number of carbonyl (C=O) groups is 2. The summed E-state index contributed by atoms with van der Waals surface area (Å²) in [6, 6.07) is -1.08. The van der Waals surface area contributed by atoms with Crippen LogP contribution in [0.25, 0.3) is 0 Å². The summed E-state index contributed by atoms with van der Waals surface area (Å²) >= 11 is 1.65. The first-order chi connectivity index (χ1) is 9.95. The molecular formula is C13H20N4O3S.